The van der Waals surface area contributed by atoms with Gasteiger partial charge in [-0.05, 0) is 37.1 Å². The van der Waals surface area contributed by atoms with E-state index in [1.165, 1.54) is 5.56 Å². The van der Waals surface area contributed by atoms with Crippen molar-refractivity contribution in [1.82, 2.24) is 10.6 Å². The fourth-order valence-corrected chi connectivity index (χ4v) is 2.10. The highest BCUT2D eigenvalue weighted by atomic mass is 16.5. The molecular weight excluding hydrogens is 268 g/mol. The van der Waals surface area contributed by atoms with Crippen molar-refractivity contribution in [2.24, 2.45) is 0 Å². The van der Waals surface area contributed by atoms with Crippen LogP contribution in [0.3, 0.4) is 0 Å². The molecule has 0 fully saturated rings. The summed E-state index contributed by atoms with van der Waals surface area (Å²) in [6.45, 7) is 4.93. The number of aliphatic hydroxyl groups is 1. The van der Waals surface area contributed by atoms with Crippen molar-refractivity contribution in [1.29, 1.82) is 0 Å². The third-order valence-electron chi connectivity index (χ3n) is 3.49. The zero-order valence-corrected chi connectivity index (χ0v) is 13.3. The van der Waals surface area contributed by atoms with Crippen LogP contribution in [0.2, 0.25) is 0 Å². The number of nitrogens with one attached hydrogen (secondary N) is 2. The SMILES string of the molecule is CCC(CO)NCCNCCc1ccc(OC)c(OC)c1. The van der Waals surface area contributed by atoms with Crippen LogP contribution in [0.25, 0.3) is 0 Å². The highest BCUT2D eigenvalue weighted by molar-refractivity contribution is 5.42. The molecule has 0 aliphatic heterocycles. The summed E-state index contributed by atoms with van der Waals surface area (Å²) in [4.78, 5) is 0. The van der Waals surface area contributed by atoms with Crippen LogP contribution in [0.4, 0.5) is 0 Å². The molecule has 5 nitrogen and oxygen atoms in total. The zero-order valence-electron chi connectivity index (χ0n) is 13.3. The lowest BCUT2D eigenvalue weighted by molar-refractivity contribution is 0.239. The van der Waals surface area contributed by atoms with E-state index < -0.39 is 0 Å². The van der Waals surface area contributed by atoms with Gasteiger partial charge in [-0.15, -0.1) is 0 Å². The molecule has 1 aromatic carbocycles. The van der Waals surface area contributed by atoms with Gasteiger partial charge in [0, 0.05) is 19.1 Å². The Labute approximate surface area is 127 Å². The Morgan fingerprint density at radius 3 is 2.48 bits per heavy atom. The van der Waals surface area contributed by atoms with E-state index in [2.05, 4.69) is 23.6 Å². The summed E-state index contributed by atoms with van der Waals surface area (Å²) in [6.07, 6.45) is 1.89. The maximum atomic E-state index is 9.06. The second-order valence-electron chi connectivity index (χ2n) is 4.93. The van der Waals surface area contributed by atoms with Gasteiger partial charge in [-0.3, -0.25) is 0 Å². The van der Waals surface area contributed by atoms with E-state index in [0.29, 0.717) is 0 Å². The molecule has 0 amide bonds. The Balaban J connectivity index is 2.24. The Morgan fingerprint density at radius 2 is 1.86 bits per heavy atom. The van der Waals surface area contributed by atoms with Crippen LogP contribution in [0, 0.1) is 0 Å². The van der Waals surface area contributed by atoms with Gasteiger partial charge in [0.25, 0.3) is 0 Å². The molecule has 1 unspecified atom stereocenters. The molecule has 1 aromatic rings. The molecule has 1 rings (SSSR count). The number of methoxy groups -OCH3 is 2. The fraction of sp³-hybridized carbons (Fsp3) is 0.625. The number of rotatable bonds is 11. The van der Waals surface area contributed by atoms with Crippen LogP contribution in [0.15, 0.2) is 18.2 Å². The van der Waals surface area contributed by atoms with E-state index in [0.717, 1.165) is 44.0 Å². The van der Waals surface area contributed by atoms with Gasteiger partial charge >= 0.3 is 0 Å². The predicted molar refractivity (Wildman–Crippen MR) is 85.3 cm³/mol. The molecule has 0 radical (unpaired) electrons. The Morgan fingerprint density at radius 1 is 1.10 bits per heavy atom. The average Bonchev–Trinajstić information content (AvgIpc) is 2.54. The minimum Gasteiger partial charge on any atom is -0.493 e. The summed E-state index contributed by atoms with van der Waals surface area (Å²) in [5, 5.41) is 15.8. The predicted octanol–water partition coefficient (Wildman–Crippen LogP) is 1.20. The molecular formula is C16H28N2O3. The monoisotopic (exact) mass is 296 g/mol. The van der Waals surface area contributed by atoms with E-state index in [4.69, 9.17) is 14.6 Å². The van der Waals surface area contributed by atoms with Crippen LogP contribution >= 0.6 is 0 Å². The van der Waals surface area contributed by atoms with Crippen LogP contribution in [-0.2, 0) is 6.42 Å². The van der Waals surface area contributed by atoms with Crippen molar-refractivity contribution in [3.05, 3.63) is 23.8 Å². The zero-order chi connectivity index (χ0) is 15.5. The molecule has 5 heteroatoms. The van der Waals surface area contributed by atoms with Crippen LogP contribution in [-0.4, -0.2) is 51.6 Å². The smallest absolute Gasteiger partial charge is 0.160 e. The van der Waals surface area contributed by atoms with Crippen molar-refractivity contribution < 1.29 is 14.6 Å². The number of ether oxygens (including phenoxy) is 2. The summed E-state index contributed by atoms with van der Waals surface area (Å²) in [6, 6.07) is 6.21. The molecule has 0 heterocycles. The summed E-state index contributed by atoms with van der Waals surface area (Å²) < 4.78 is 10.5. The third kappa shape index (κ3) is 6.33. The average molecular weight is 296 g/mol. The number of aliphatic hydroxyl groups excluding tert-OH is 1. The maximum Gasteiger partial charge on any atom is 0.160 e. The molecule has 0 bridgehead atoms. The summed E-state index contributed by atoms with van der Waals surface area (Å²) in [5.41, 5.74) is 1.22. The van der Waals surface area contributed by atoms with Gasteiger partial charge in [0.15, 0.2) is 11.5 Å². The molecule has 0 spiro atoms. The van der Waals surface area contributed by atoms with Gasteiger partial charge in [0.1, 0.15) is 0 Å². The van der Waals surface area contributed by atoms with E-state index in [1.54, 1.807) is 14.2 Å². The highest BCUT2D eigenvalue weighted by Crippen LogP contribution is 2.27. The second kappa shape index (κ2) is 10.4. The number of hydrogen-bond donors (Lipinski definition) is 3. The third-order valence-corrected chi connectivity index (χ3v) is 3.49. The number of benzene rings is 1. The topological polar surface area (TPSA) is 62.8 Å². The Bertz CT molecular complexity index is 395. The van der Waals surface area contributed by atoms with E-state index in [-0.39, 0.29) is 12.6 Å². The highest BCUT2D eigenvalue weighted by Gasteiger charge is 2.04. The molecule has 1 atom stereocenters. The Kier molecular flexibility index (Phi) is 8.82. The maximum absolute atomic E-state index is 9.06. The van der Waals surface area contributed by atoms with Gasteiger partial charge in [0.2, 0.25) is 0 Å². The van der Waals surface area contributed by atoms with Crippen molar-refractivity contribution in [2.75, 3.05) is 40.5 Å². The van der Waals surface area contributed by atoms with Crippen molar-refractivity contribution in [3.63, 3.8) is 0 Å². The lowest BCUT2D eigenvalue weighted by Gasteiger charge is -2.14. The molecule has 21 heavy (non-hydrogen) atoms. The molecule has 3 N–H and O–H groups in total. The number of hydrogen-bond acceptors (Lipinski definition) is 5. The first-order valence-corrected chi connectivity index (χ1v) is 7.51. The van der Waals surface area contributed by atoms with E-state index >= 15 is 0 Å². The van der Waals surface area contributed by atoms with Crippen molar-refractivity contribution in [2.45, 2.75) is 25.8 Å². The summed E-state index contributed by atoms with van der Waals surface area (Å²) in [5.74, 6) is 1.53. The minimum absolute atomic E-state index is 0.197. The van der Waals surface area contributed by atoms with Crippen LogP contribution < -0.4 is 20.1 Å². The molecule has 0 aliphatic carbocycles. The molecule has 120 valence electrons. The van der Waals surface area contributed by atoms with Gasteiger partial charge in [-0.25, -0.2) is 0 Å². The first kappa shape index (κ1) is 17.8. The van der Waals surface area contributed by atoms with E-state index in [1.807, 2.05) is 12.1 Å². The lowest BCUT2D eigenvalue weighted by atomic mass is 10.1. The molecule has 0 aromatic heterocycles. The molecule has 0 aliphatic rings. The van der Waals surface area contributed by atoms with Crippen molar-refractivity contribution in [3.8, 4) is 11.5 Å². The van der Waals surface area contributed by atoms with Gasteiger partial charge in [-0.1, -0.05) is 13.0 Å². The van der Waals surface area contributed by atoms with Gasteiger partial charge in [-0.2, -0.15) is 0 Å². The first-order chi connectivity index (χ1) is 10.2. The summed E-state index contributed by atoms with van der Waals surface area (Å²) in [7, 11) is 3.29. The summed E-state index contributed by atoms with van der Waals surface area (Å²) >= 11 is 0. The quantitative estimate of drug-likeness (QED) is 0.536. The molecule has 0 saturated heterocycles. The van der Waals surface area contributed by atoms with E-state index in [9.17, 15) is 0 Å². The normalized spacial score (nSPS) is 12.2. The largest absolute Gasteiger partial charge is 0.493 e. The lowest BCUT2D eigenvalue weighted by Crippen LogP contribution is -2.37. The standard InChI is InChI=1S/C16H28N2O3/c1-4-14(12-19)18-10-9-17-8-7-13-5-6-15(20-2)16(11-13)21-3/h5-6,11,14,17-19H,4,7-10,12H2,1-3H3. The van der Waals surface area contributed by atoms with Crippen LogP contribution in [0.5, 0.6) is 11.5 Å². The fourth-order valence-electron chi connectivity index (χ4n) is 2.10. The Hall–Kier alpha value is -1.30. The van der Waals surface area contributed by atoms with Gasteiger partial charge in [0.05, 0.1) is 20.8 Å². The minimum atomic E-state index is 0.197. The van der Waals surface area contributed by atoms with Crippen molar-refractivity contribution >= 4 is 0 Å². The first-order valence-electron chi connectivity index (χ1n) is 7.51. The second-order valence-corrected chi connectivity index (χ2v) is 4.93. The van der Waals surface area contributed by atoms with Crippen LogP contribution in [0.1, 0.15) is 18.9 Å². The molecule has 0 saturated carbocycles. The van der Waals surface area contributed by atoms with Gasteiger partial charge < -0.3 is 25.2 Å².